The van der Waals surface area contributed by atoms with E-state index in [4.69, 9.17) is 4.74 Å². The molecule has 2 aromatic carbocycles. The van der Waals surface area contributed by atoms with Crippen LogP contribution in [0.4, 0.5) is 4.39 Å². The molecule has 0 aliphatic carbocycles. The van der Waals surface area contributed by atoms with E-state index in [1.54, 1.807) is 21.9 Å². The molecule has 0 aromatic heterocycles. The summed E-state index contributed by atoms with van der Waals surface area (Å²) in [4.78, 5) is 28.7. The van der Waals surface area contributed by atoms with Crippen LogP contribution in [0.2, 0.25) is 0 Å². The number of nitrogens with one attached hydrogen (secondary N) is 1. The molecule has 176 valence electrons. The van der Waals surface area contributed by atoms with Crippen LogP contribution in [0.3, 0.4) is 0 Å². The number of rotatable bonds is 6. The van der Waals surface area contributed by atoms with Crippen LogP contribution in [0, 0.1) is 5.82 Å². The van der Waals surface area contributed by atoms with Crippen LogP contribution in [0.5, 0.6) is 0 Å². The van der Waals surface area contributed by atoms with Gasteiger partial charge in [-0.3, -0.25) is 9.59 Å². The molecule has 2 aliphatic heterocycles. The molecule has 0 saturated carbocycles. The molecule has 2 aromatic rings. The minimum atomic E-state index is -3.77. The van der Waals surface area contributed by atoms with Gasteiger partial charge in [0.15, 0.2) is 0 Å². The quantitative estimate of drug-likeness (QED) is 0.688. The maximum atomic E-state index is 13.4. The smallest absolute Gasteiger partial charge is 0.254 e. The van der Waals surface area contributed by atoms with Crippen molar-refractivity contribution in [1.29, 1.82) is 0 Å². The molecule has 1 N–H and O–H groups in total. The van der Waals surface area contributed by atoms with E-state index >= 15 is 0 Å². The molecule has 2 aliphatic rings. The van der Waals surface area contributed by atoms with E-state index < -0.39 is 15.8 Å². The molecule has 2 heterocycles. The molecular weight excluding hydrogens is 449 g/mol. The predicted molar refractivity (Wildman–Crippen MR) is 119 cm³/mol. The average molecular weight is 476 g/mol. The lowest BCUT2D eigenvalue weighted by Gasteiger charge is -2.35. The number of ether oxygens (including phenoxy) is 1. The highest BCUT2D eigenvalue weighted by atomic mass is 32.2. The van der Waals surface area contributed by atoms with Gasteiger partial charge in [0.05, 0.1) is 11.0 Å². The van der Waals surface area contributed by atoms with Gasteiger partial charge in [-0.25, -0.2) is 17.5 Å². The van der Waals surface area contributed by atoms with Crippen molar-refractivity contribution in [3.8, 4) is 0 Å². The Kier molecular flexibility index (Phi) is 7.06. The second-order valence-corrected chi connectivity index (χ2v) is 9.88. The van der Waals surface area contributed by atoms with Crippen molar-refractivity contribution in [2.24, 2.45) is 0 Å². The van der Waals surface area contributed by atoms with E-state index in [0.29, 0.717) is 32.8 Å². The van der Waals surface area contributed by atoms with E-state index in [2.05, 4.69) is 4.72 Å². The predicted octanol–water partition coefficient (Wildman–Crippen LogP) is 1.88. The number of carbonyl (C=O) groups is 2. The van der Waals surface area contributed by atoms with Gasteiger partial charge in [-0.15, -0.1) is 0 Å². The summed E-state index contributed by atoms with van der Waals surface area (Å²) in [5.74, 6) is -1.06. The lowest BCUT2D eigenvalue weighted by atomic mass is 10.1. The molecule has 2 fully saturated rings. The molecule has 0 bridgehead atoms. The fourth-order valence-corrected chi connectivity index (χ4v) is 5.10. The van der Waals surface area contributed by atoms with Crippen LogP contribution in [0.25, 0.3) is 0 Å². The van der Waals surface area contributed by atoms with Crippen molar-refractivity contribution in [1.82, 2.24) is 14.5 Å². The highest BCUT2D eigenvalue weighted by Gasteiger charge is 2.27. The van der Waals surface area contributed by atoms with Crippen molar-refractivity contribution in [2.75, 3.05) is 39.3 Å². The van der Waals surface area contributed by atoms with Crippen molar-refractivity contribution in [2.45, 2.75) is 23.8 Å². The third kappa shape index (κ3) is 5.58. The van der Waals surface area contributed by atoms with Crippen LogP contribution >= 0.6 is 0 Å². The Hall–Kier alpha value is -2.82. The number of carbonyl (C=O) groups excluding carboxylic acids is 2. The van der Waals surface area contributed by atoms with Crippen LogP contribution < -0.4 is 4.72 Å². The first kappa shape index (κ1) is 23.3. The Morgan fingerprint density at radius 1 is 0.970 bits per heavy atom. The monoisotopic (exact) mass is 475 g/mol. The van der Waals surface area contributed by atoms with Crippen LogP contribution in [0.15, 0.2) is 53.4 Å². The normalized spacial score (nSPS) is 19.0. The third-order valence-corrected chi connectivity index (χ3v) is 7.26. The minimum Gasteiger partial charge on any atom is -0.377 e. The van der Waals surface area contributed by atoms with Crippen LogP contribution in [-0.2, 0) is 14.8 Å². The first-order chi connectivity index (χ1) is 15.8. The molecule has 10 heteroatoms. The minimum absolute atomic E-state index is 0.0197. The number of piperazine rings is 1. The summed E-state index contributed by atoms with van der Waals surface area (Å²) in [6, 6.07) is 11.4. The Bertz CT molecular complexity index is 1130. The van der Waals surface area contributed by atoms with E-state index in [9.17, 15) is 22.4 Å². The van der Waals surface area contributed by atoms with E-state index in [-0.39, 0.29) is 40.5 Å². The lowest BCUT2D eigenvalue weighted by molar-refractivity contribution is 0.0535. The fraction of sp³-hybridized carbons (Fsp3) is 0.391. The van der Waals surface area contributed by atoms with Crippen molar-refractivity contribution in [3.05, 3.63) is 65.5 Å². The summed E-state index contributed by atoms with van der Waals surface area (Å²) in [5.41, 5.74) is 0.531. The summed E-state index contributed by atoms with van der Waals surface area (Å²) in [6.07, 6.45) is 1.60. The highest BCUT2D eigenvalue weighted by Crippen LogP contribution is 2.17. The average Bonchev–Trinajstić information content (AvgIpc) is 3.36. The Morgan fingerprint density at radius 2 is 1.58 bits per heavy atom. The van der Waals surface area contributed by atoms with Crippen molar-refractivity contribution >= 4 is 21.8 Å². The summed E-state index contributed by atoms with van der Waals surface area (Å²) >= 11 is 0. The number of benzene rings is 2. The Morgan fingerprint density at radius 3 is 2.15 bits per heavy atom. The first-order valence-electron chi connectivity index (χ1n) is 10.9. The SMILES string of the molecule is O=C(c1cccc(F)c1)N1CCN(C(=O)c2cccc(S(=O)(=O)NCC3CCCO3)c2)CC1. The molecular formula is C23H26FN3O5S. The molecule has 1 atom stereocenters. The maximum Gasteiger partial charge on any atom is 0.254 e. The second-order valence-electron chi connectivity index (χ2n) is 8.11. The molecule has 2 amide bonds. The molecule has 4 rings (SSSR count). The van der Waals surface area contributed by atoms with Crippen LogP contribution in [-0.4, -0.2) is 75.5 Å². The van der Waals surface area contributed by atoms with Gasteiger partial charge in [-0.2, -0.15) is 0 Å². The zero-order chi connectivity index (χ0) is 23.4. The standard InChI is InChI=1S/C23H26FN3O5S/c24-19-6-1-4-17(14-19)22(28)26-9-11-27(12-10-26)23(29)18-5-2-8-21(15-18)33(30,31)25-16-20-7-3-13-32-20/h1-2,4-6,8,14-15,20,25H,3,7,9-13,16H2. The van der Waals surface area contributed by atoms with Gasteiger partial charge in [-0.05, 0) is 49.2 Å². The number of hydrogen-bond acceptors (Lipinski definition) is 5. The molecule has 8 nitrogen and oxygen atoms in total. The van der Waals surface area contributed by atoms with Crippen molar-refractivity contribution < 1.29 is 27.1 Å². The highest BCUT2D eigenvalue weighted by molar-refractivity contribution is 7.89. The van der Waals surface area contributed by atoms with Gasteiger partial charge in [0.1, 0.15) is 5.82 Å². The molecule has 2 saturated heterocycles. The number of nitrogens with zero attached hydrogens (tertiary/aromatic N) is 2. The zero-order valence-corrected chi connectivity index (χ0v) is 18.9. The molecule has 1 unspecified atom stereocenters. The second kappa shape index (κ2) is 9.98. The first-order valence-corrected chi connectivity index (χ1v) is 12.4. The number of amides is 2. The molecule has 0 spiro atoms. The van der Waals surface area contributed by atoms with E-state index in [1.165, 1.54) is 36.4 Å². The van der Waals surface area contributed by atoms with Gasteiger partial charge in [0.25, 0.3) is 11.8 Å². The Labute approximate surface area is 192 Å². The maximum absolute atomic E-state index is 13.4. The lowest BCUT2D eigenvalue weighted by Crippen LogP contribution is -2.50. The Balaban J connectivity index is 1.37. The zero-order valence-electron chi connectivity index (χ0n) is 18.1. The number of hydrogen-bond donors (Lipinski definition) is 1. The third-order valence-electron chi connectivity index (χ3n) is 5.84. The van der Waals surface area contributed by atoms with E-state index in [1.807, 2.05) is 0 Å². The molecule has 33 heavy (non-hydrogen) atoms. The van der Waals surface area contributed by atoms with Gasteiger partial charge in [-0.1, -0.05) is 12.1 Å². The fourth-order valence-electron chi connectivity index (χ4n) is 3.99. The number of halogens is 1. The summed E-state index contributed by atoms with van der Waals surface area (Å²) < 4.78 is 46.7. The van der Waals surface area contributed by atoms with E-state index in [0.717, 1.165) is 12.8 Å². The summed E-state index contributed by atoms with van der Waals surface area (Å²) in [5, 5.41) is 0. The van der Waals surface area contributed by atoms with Crippen molar-refractivity contribution in [3.63, 3.8) is 0 Å². The molecule has 0 radical (unpaired) electrons. The van der Waals surface area contributed by atoms with Gasteiger partial charge in [0.2, 0.25) is 10.0 Å². The number of sulfonamides is 1. The van der Waals surface area contributed by atoms with Crippen LogP contribution in [0.1, 0.15) is 33.6 Å². The topological polar surface area (TPSA) is 96.0 Å². The summed E-state index contributed by atoms with van der Waals surface area (Å²) in [7, 11) is -3.77. The van der Waals surface area contributed by atoms with Gasteiger partial charge in [0, 0.05) is 50.5 Å². The van der Waals surface area contributed by atoms with Gasteiger partial charge < -0.3 is 14.5 Å². The largest absolute Gasteiger partial charge is 0.377 e. The van der Waals surface area contributed by atoms with Gasteiger partial charge >= 0.3 is 0 Å². The summed E-state index contributed by atoms with van der Waals surface area (Å²) in [6.45, 7) is 2.05.